The molecule has 8 rings (SSSR count). The molecule has 2 saturated heterocycles. The summed E-state index contributed by atoms with van der Waals surface area (Å²) < 4.78 is 12.7. The molecule has 3 aromatic carbocycles. The summed E-state index contributed by atoms with van der Waals surface area (Å²) in [6.07, 6.45) is 5.91. The highest BCUT2D eigenvalue weighted by molar-refractivity contribution is 6.36. The first kappa shape index (κ1) is 45.4. The molecule has 0 bridgehead atoms. The lowest BCUT2D eigenvalue weighted by atomic mass is 9.91. The Morgan fingerprint density at radius 1 is 0.862 bits per heavy atom. The molecule has 2 aliphatic heterocycles. The number of likely N-dealkylation sites (tertiary alicyclic amines) is 1. The van der Waals surface area contributed by atoms with Crippen LogP contribution in [0, 0.1) is 6.92 Å². The fourth-order valence-electron chi connectivity index (χ4n) is 9.17. The molecule has 340 valence electrons. The average molecular weight is 902 g/mol. The molecule has 2 aromatic heterocycles. The van der Waals surface area contributed by atoms with Crippen molar-refractivity contribution in [3.05, 3.63) is 117 Å². The minimum atomic E-state index is -0.743. The highest BCUT2D eigenvalue weighted by Crippen LogP contribution is 2.41. The van der Waals surface area contributed by atoms with E-state index in [-0.39, 0.29) is 42.5 Å². The zero-order valence-corrected chi connectivity index (χ0v) is 38.9. The lowest BCUT2D eigenvalue weighted by Gasteiger charge is -2.29. The Labute approximate surface area is 384 Å². The third-order valence-corrected chi connectivity index (χ3v) is 12.6. The van der Waals surface area contributed by atoms with Gasteiger partial charge in [-0.3, -0.25) is 23.7 Å². The number of pyridine rings is 1. The molecule has 5 aromatic rings. The van der Waals surface area contributed by atoms with E-state index in [2.05, 4.69) is 46.8 Å². The van der Waals surface area contributed by atoms with Gasteiger partial charge in [0.05, 0.1) is 17.1 Å². The topological polar surface area (TPSA) is 152 Å². The Balaban J connectivity index is 0.991. The van der Waals surface area contributed by atoms with Gasteiger partial charge in [0.1, 0.15) is 22.9 Å². The van der Waals surface area contributed by atoms with Crippen molar-refractivity contribution in [2.24, 2.45) is 0 Å². The van der Waals surface area contributed by atoms with Crippen LogP contribution in [0.5, 0.6) is 0 Å². The van der Waals surface area contributed by atoms with Crippen molar-refractivity contribution in [1.82, 2.24) is 29.8 Å². The molecular formula is C51H57ClN6O7. The van der Waals surface area contributed by atoms with Crippen LogP contribution in [0.4, 0.5) is 9.59 Å². The number of fused-ring (bicyclic) bond motifs is 2. The van der Waals surface area contributed by atoms with Gasteiger partial charge in [-0.15, -0.1) is 0 Å². The number of hydrogen-bond acceptors (Lipinski definition) is 8. The van der Waals surface area contributed by atoms with Gasteiger partial charge in [-0.2, -0.15) is 0 Å². The summed E-state index contributed by atoms with van der Waals surface area (Å²) in [4.78, 5) is 73.1. The zero-order valence-electron chi connectivity index (χ0n) is 38.1. The van der Waals surface area contributed by atoms with Crippen LogP contribution in [0.2, 0.25) is 5.02 Å². The van der Waals surface area contributed by atoms with Crippen LogP contribution in [0.1, 0.15) is 89.5 Å². The second kappa shape index (κ2) is 18.0. The summed E-state index contributed by atoms with van der Waals surface area (Å²) in [5.41, 5.74) is 7.96. The van der Waals surface area contributed by atoms with Gasteiger partial charge in [-0.1, -0.05) is 66.2 Å². The number of aromatic nitrogens is 2. The monoisotopic (exact) mass is 900 g/mol. The predicted octanol–water partition coefficient (Wildman–Crippen LogP) is 8.66. The number of hydrogen-bond donors (Lipinski definition) is 2. The van der Waals surface area contributed by atoms with E-state index in [9.17, 15) is 24.0 Å². The summed E-state index contributed by atoms with van der Waals surface area (Å²) >= 11 is 7.30. The van der Waals surface area contributed by atoms with E-state index in [1.165, 1.54) is 21.1 Å². The molecule has 4 amide bonds. The van der Waals surface area contributed by atoms with Gasteiger partial charge in [-0.25, -0.2) is 14.6 Å². The highest BCUT2D eigenvalue weighted by Gasteiger charge is 2.38. The molecule has 4 heterocycles. The van der Waals surface area contributed by atoms with Crippen LogP contribution in [-0.2, 0) is 38.4 Å². The van der Waals surface area contributed by atoms with E-state index < -0.39 is 29.4 Å². The number of halogens is 1. The molecule has 14 heteroatoms. The van der Waals surface area contributed by atoms with Crippen molar-refractivity contribution in [3.63, 3.8) is 0 Å². The molecule has 3 aliphatic rings. The molecule has 0 radical (unpaired) electrons. The second-order valence-electron chi connectivity index (χ2n) is 19.5. The minimum Gasteiger partial charge on any atom is -0.444 e. The zero-order chi connectivity index (χ0) is 46.4. The Bertz CT molecular complexity index is 2750. The van der Waals surface area contributed by atoms with Gasteiger partial charge in [0.15, 0.2) is 0 Å². The summed E-state index contributed by atoms with van der Waals surface area (Å²) in [7, 11) is 0. The lowest BCUT2D eigenvalue weighted by Crippen LogP contribution is -2.50. The minimum absolute atomic E-state index is 0.0267. The molecule has 13 nitrogen and oxygen atoms in total. The van der Waals surface area contributed by atoms with Crippen molar-refractivity contribution >= 4 is 41.2 Å². The Hall–Kier alpha value is -6.21. The average Bonchev–Trinajstić information content (AvgIpc) is 4.00. The van der Waals surface area contributed by atoms with Crippen molar-refractivity contribution in [2.45, 2.75) is 123 Å². The fraction of sp³-hybridized carbons (Fsp3) is 0.412. The number of rotatable bonds is 9. The number of ether oxygens (including phenoxy) is 2. The molecule has 0 saturated carbocycles. The molecule has 1 aliphatic carbocycles. The molecule has 3 atom stereocenters. The van der Waals surface area contributed by atoms with E-state index >= 15 is 0 Å². The first-order valence-electron chi connectivity index (χ1n) is 22.4. The van der Waals surface area contributed by atoms with Crippen LogP contribution in [-0.4, -0.2) is 85.6 Å². The number of benzene rings is 3. The van der Waals surface area contributed by atoms with Crippen LogP contribution >= 0.6 is 11.6 Å². The maximum absolute atomic E-state index is 13.9. The van der Waals surface area contributed by atoms with Gasteiger partial charge in [0.2, 0.25) is 11.8 Å². The van der Waals surface area contributed by atoms with Crippen LogP contribution in [0.25, 0.3) is 39.0 Å². The normalized spacial score (nSPS) is 18.4. The number of nitrogens with one attached hydrogen (secondary N) is 2. The Morgan fingerprint density at radius 2 is 1.55 bits per heavy atom. The summed E-state index contributed by atoms with van der Waals surface area (Å²) in [5.74, 6) is -0.207. The number of carbonyl (C=O) groups excluding carboxylic acids is 4. The Morgan fingerprint density at radius 3 is 2.28 bits per heavy atom. The molecular weight excluding hydrogens is 844 g/mol. The Kier molecular flexibility index (Phi) is 12.6. The van der Waals surface area contributed by atoms with E-state index in [4.69, 9.17) is 21.1 Å². The largest absolute Gasteiger partial charge is 0.444 e. The maximum atomic E-state index is 13.9. The van der Waals surface area contributed by atoms with Gasteiger partial charge in [-0.05, 0) is 132 Å². The van der Waals surface area contributed by atoms with Gasteiger partial charge < -0.3 is 25.0 Å². The van der Waals surface area contributed by atoms with Crippen molar-refractivity contribution < 1.29 is 28.7 Å². The van der Waals surface area contributed by atoms with Crippen molar-refractivity contribution in [1.29, 1.82) is 0 Å². The van der Waals surface area contributed by atoms with Gasteiger partial charge in [0, 0.05) is 55.1 Å². The number of amides is 4. The standard InChI is InChI=1S/C51H57ClN6O7/c1-30-38(33-20-22-58-43(26-33)53-27-35(47(58)61)28-56(48(62)64-50(2,3)4)29-36-18-19-44(59)54-36)11-8-12-39(30)41-14-9-13-40(45(41)52)32-17-16-31-24-37(25-34(31)23-32)55-46(60)42-15-10-21-57(42)49(63)65-51(5,6)7/h8-9,11-14,16-17,20,22-23,26-27,36-37,42H,10,15,18-19,21,24-25,28-29H2,1-7H3,(H,54,59)(H,55,60)/t36-,37?,42-/m0/s1. The second-order valence-corrected chi connectivity index (χ2v) is 19.8. The SMILES string of the molecule is Cc1c(-c2ccn3c(=O)c(CN(C[C@@H]4CCC(=O)N4)C(=O)OC(C)(C)C)cnc3c2)cccc1-c1cccc(-c2ccc3c(c2)CC(NC(=O)[C@@H]2CCCN2C(=O)OC(C)(C)C)C3)c1Cl. The first-order valence-corrected chi connectivity index (χ1v) is 22.8. The van der Waals surface area contributed by atoms with E-state index in [0.29, 0.717) is 54.9 Å². The maximum Gasteiger partial charge on any atom is 0.410 e. The highest BCUT2D eigenvalue weighted by atomic mass is 35.5. The van der Waals surface area contributed by atoms with Crippen molar-refractivity contribution in [2.75, 3.05) is 13.1 Å². The number of nitrogens with zero attached hydrogens (tertiary/aromatic N) is 4. The van der Waals surface area contributed by atoms with E-state index in [1.807, 2.05) is 63.2 Å². The quantitative estimate of drug-likeness (QED) is 0.149. The van der Waals surface area contributed by atoms with Gasteiger partial charge in [0.25, 0.3) is 5.56 Å². The van der Waals surface area contributed by atoms with Crippen LogP contribution < -0.4 is 16.2 Å². The third-order valence-electron chi connectivity index (χ3n) is 12.2. The predicted molar refractivity (Wildman–Crippen MR) is 251 cm³/mol. The van der Waals surface area contributed by atoms with Crippen LogP contribution in [0.15, 0.2) is 83.9 Å². The first-order chi connectivity index (χ1) is 30.8. The molecule has 65 heavy (non-hydrogen) atoms. The summed E-state index contributed by atoms with van der Waals surface area (Å²) in [6, 6.07) is 21.4. The molecule has 2 fully saturated rings. The fourth-order valence-corrected chi connectivity index (χ4v) is 9.51. The molecule has 1 unspecified atom stereocenters. The van der Waals surface area contributed by atoms with Crippen LogP contribution in [0.3, 0.4) is 0 Å². The van der Waals surface area contributed by atoms with Crippen molar-refractivity contribution in [3.8, 4) is 33.4 Å². The summed E-state index contributed by atoms with van der Waals surface area (Å²) in [6.45, 7) is 13.6. The van der Waals surface area contributed by atoms with E-state index in [1.54, 1.807) is 31.9 Å². The lowest BCUT2D eigenvalue weighted by molar-refractivity contribution is -0.126. The summed E-state index contributed by atoms with van der Waals surface area (Å²) in [5, 5.41) is 6.74. The third kappa shape index (κ3) is 10.0. The number of carbonyl (C=O) groups is 4. The van der Waals surface area contributed by atoms with E-state index in [0.717, 1.165) is 50.9 Å². The molecule has 0 spiro atoms. The van der Waals surface area contributed by atoms with Gasteiger partial charge >= 0.3 is 12.2 Å². The molecule has 2 N–H and O–H groups in total. The smallest absolute Gasteiger partial charge is 0.410 e.